The van der Waals surface area contributed by atoms with Crippen LogP contribution in [0.2, 0.25) is 0 Å². The van der Waals surface area contributed by atoms with E-state index < -0.39 is 0 Å². The van der Waals surface area contributed by atoms with Crippen molar-refractivity contribution in [2.45, 2.75) is 19.3 Å². The maximum absolute atomic E-state index is 2.53. The van der Waals surface area contributed by atoms with Crippen LogP contribution in [0.4, 0.5) is 17.1 Å². The Bertz CT molecular complexity index is 1550. The molecule has 0 aliphatic carbocycles. The maximum Gasteiger partial charge on any atom is 0.246 e. The molecule has 33 heavy (non-hydrogen) atoms. The third kappa shape index (κ3) is 2.44. The lowest BCUT2D eigenvalue weighted by Crippen LogP contribution is -2.58. The molecule has 1 nitrogen and oxygen atoms in total. The molecule has 0 atom stereocenters. The molecule has 0 fully saturated rings. The van der Waals surface area contributed by atoms with E-state index in [4.69, 9.17) is 0 Å². The van der Waals surface area contributed by atoms with Crippen molar-refractivity contribution in [3.05, 3.63) is 120 Å². The van der Waals surface area contributed by atoms with Crippen LogP contribution in [0.3, 0.4) is 0 Å². The fraction of sp³-hybridized carbons (Fsp3) is 0.0968. The summed E-state index contributed by atoms with van der Waals surface area (Å²) in [6.07, 6.45) is 0. The summed E-state index contributed by atoms with van der Waals surface area (Å²) in [6.45, 7) is 4.99. The molecule has 0 spiro atoms. The summed E-state index contributed by atoms with van der Waals surface area (Å²) in [5, 5.41) is 2.67. The molecule has 5 aromatic rings. The standard InChI is InChI=1S/C31H24BN/c1-31(2)24-16-8-10-18-27(24)33-28-19-11-9-17-25(28)32(22-13-4-3-5-14-22)26-20-21-12-6-7-15-23(21)29(31)30(26)33/h3-20H,1-2H3. The zero-order chi connectivity index (χ0) is 22.2. The predicted molar refractivity (Wildman–Crippen MR) is 142 cm³/mol. The van der Waals surface area contributed by atoms with Crippen molar-refractivity contribution in [2.24, 2.45) is 0 Å². The molecule has 0 unspecified atom stereocenters. The molecule has 5 aromatic carbocycles. The normalized spacial score (nSPS) is 15.1. The van der Waals surface area contributed by atoms with E-state index in [1.54, 1.807) is 0 Å². The van der Waals surface area contributed by atoms with Crippen LogP contribution < -0.4 is 21.3 Å². The third-order valence-electron chi connectivity index (χ3n) is 7.65. The van der Waals surface area contributed by atoms with Crippen LogP contribution >= 0.6 is 0 Å². The van der Waals surface area contributed by atoms with Gasteiger partial charge in [-0.3, -0.25) is 0 Å². The minimum absolute atomic E-state index is 0.106. The summed E-state index contributed by atoms with van der Waals surface area (Å²) in [7, 11) is 0. The van der Waals surface area contributed by atoms with Crippen LogP contribution in [0.25, 0.3) is 10.8 Å². The van der Waals surface area contributed by atoms with Crippen molar-refractivity contribution < 1.29 is 0 Å². The molecule has 7 rings (SSSR count). The zero-order valence-corrected chi connectivity index (χ0v) is 18.9. The fourth-order valence-corrected chi connectivity index (χ4v) is 6.26. The van der Waals surface area contributed by atoms with E-state index in [-0.39, 0.29) is 12.1 Å². The van der Waals surface area contributed by atoms with Crippen molar-refractivity contribution in [3.8, 4) is 0 Å². The minimum atomic E-state index is -0.106. The highest BCUT2D eigenvalue weighted by molar-refractivity contribution is 6.98. The molecule has 0 radical (unpaired) electrons. The molecule has 2 aliphatic rings. The molecule has 0 amide bonds. The van der Waals surface area contributed by atoms with Gasteiger partial charge in [0.1, 0.15) is 0 Å². The van der Waals surface area contributed by atoms with Crippen LogP contribution in [0.1, 0.15) is 25.0 Å². The molecule has 156 valence electrons. The lowest BCUT2D eigenvalue weighted by Gasteiger charge is -2.47. The van der Waals surface area contributed by atoms with Crippen LogP contribution in [0, 0.1) is 0 Å². The molecule has 2 aliphatic heterocycles. The van der Waals surface area contributed by atoms with E-state index in [0.29, 0.717) is 0 Å². The quantitative estimate of drug-likeness (QED) is 0.304. The first kappa shape index (κ1) is 18.8. The van der Waals surface area contributed by atoms with Gasteiger partial charge in [0, 0.05) is 16.8 Å². The number of hydrogen-bond donors (Lipinski definition) is 0. The summed E-state index contributed by atoms with van der Waals surface area (Å²) in [5.41, 5.74) is 10.8. The summed E-state index contributed by atoms with van der Waals surface area (Å²) < 4.78 is 0. The number of benzene rings is 5. The zero-order valence-electron chi connectivity index (χ0n) is 18.9. The Kier molecular flexibility index (Phi) is 3.76. The van der Waals surface area contributed by atoms with Crippen LogP contribution in [-0.4, -0.2) is 6.71 Å². The van der Waals surface area contributed by atoms with Crippen molar-refractivity contribution in [2.75, 3.05) is 4.90 Å². The Morgan fingerprint density at radius 1 is 0.636 bits per heavy atom. The average molecular weight is 421 g/mol. The van der Waals surface area contributed by atoms with E-state index in [1.807, 2.05) is 0 Å². The highest BCUT2D eigenvalue weighted by atomic mass is 15.2. The van der Waals surface area contributed by atoms with E-state index in [0.717, 1.165) is 0 Å². The van der Waals surface area contributed by atoms with E-state index in [9.17, 15) is 0 Å². The highest BCUT2D eigenvalue weighted by Crippen LogP contribution is 2.53. The molecule has 0 saturated heterocycles. The monoisotopic (exact) mass is 421 g/mol. The molecule has 0 N–H and O–H groups in total. The fourth-order valence-electron chi connectivity index (χ4n) is 6.26. The molecule has 0 bridgehead atoms. The average Bonchev–Trinajstić information content (AvgIpc) is 2.86. The van der Waals surface area contributed by atoms with Crippen molar-refractivity contribution in [3.63, 3.8) is 0 Å². The van der Waals surface area contributed by atoms with Gasteiger partial charge in [0.15, 0.2) is 0 Å². The number of fused-ring (bicyclic) bond motifs is 6. The van der Waals surface area contributed by atoms with Gasteiger partial charge in [-0.25, -0.2) is 0 Å². The molecule has 2 heteroatoms. The molecule has 0 aromatic heterocycles. The number of hydrogen-bond acceptors (Lipinski definition) is 1. The smallest absolute Gasteiger partial charge is 0.246 e. The van der Waals surface area contributed by atoms with Crippen LogP contribution in [0.15, 0.2) is 109 Å². The first-order chi connectivity index (χ1) is 16.2. The Balaban J connectivity index is 1.69. The first-order valence-corrected chi connectivity index (χ1v) is 11.8. The van der Waals surface area contributed by atoms with Crippen molar-refractivity contribution >= 4 is 50.9 Å². The van der Waals surface area contributed by atoms with E-state index in [1.165, 1.54) is 55.3 Å². The summed E-state index contributed by atoms with van der Waals surface area (Å²) in [5.74, 6) is 0. The Labute approximate surface area is 195 Å². The van der Waals surface area contributed by atoms with Crippen LogP contribution in [0.5, 0.6) is 0 Å². The van der Waals surface area contributed by atoms with Gasteiger partial charge in [-0.2, -0.15) is 0 Å². The number of rotatable bonds is 1. The topological polar surface area (TPSA) is 3.24 Å². The van der Waals surface area contributed by atoms with Gasteiger partial charge in [0.05, 0.1) is 5.69 Å². The van der Waals surface area contributed by atoms with Crippen molar-refractivity contribution in [1.29, 1.82) is 0 Å². The van der Waals surface area contributed by atoms with Crippen molar-refractivity contribution in [1.82, 2.24) is 0 Å². The minimum Gasteiger partial charge on any atom is -0.311 e. The van der Waals surface area contributed by atoms with Gasteiger partial charge >= 0.3 is 0 Å². The van der Waals surface area contributed by atoms with E-state index >= 15 is 0 Å². The van der Waals surface area contributed by atoms with Gasteiger partial charge in [0.2, 0.25) is 6.71 Å². The Morgan fingerprint density at radius 3 is 2.15 bits per heavy atom. The Morgan fingerprint density at radius 2 is 1.30 bits per heavy atom. The number of anilines is 3. The largest absolute Gasteiger partial charge is 0.311 e. The second kappa shape index (κ2) is 6.62. The first-order valence-electron chi connectivity index (χ1n) is 11.8. The molecular formula is C31H24BN. The maximum atomic E-state index is 2.53. The SMILES string of the molecule is CC1(C)c2ccccc2N2c3ccccc3B(c3ccccc3)c3cc4ccccc4c1c32. The lowest BCUT2D eigenvalue weighted by atomic mass is 9.34. The Hall–Kier alpha value is -3.78. The van der Waals surface area contributed by atoms with Gasteiger partial charge in [-0.05, 0) is 45.0 Å². The van der Waals surface area contributed by atoms with Crippen LogP contribution in [-0.2, 0) is 5.41 Å². The lowest BCUT2D eigenvalue weighted by molar-refractivity contribution is 0.638. The molecule has 0 saturated carbocycles. The third-order valence-corrected chi connectivity index (χ3v) is 7.65. The predicted octanol–water partition coefficient (Wildman–Crippen LogP) is 5.78. The van der Waals surface area contributed by atoms with Gasteiger partial charge < -0.3 is 4.90 Å². The summed E-state index contributed by atoms with van der Waals surface area (Å²) >= 11 is 0. The summed E-state index contributed by atoms with van der Waals surface area (Å²) in [4.78, 5) is 2.53. The van der Waals surface area contributed by atoms with Gasteiger partial charge in [-0.15, -0.1) is 0 Å². The number of nitrogens with zero attached hydrogens (tertiary/aromatic N) is 1. The van der Waals surface area contributed by atoms with Gasteiger partial charge in [-0.1, -0.05) is 116 Å². The van der Waals surface area contributed by atoms with Gasteiger partial charge in [0.25, 0.3) is 0 Å². The highest BCUT2D eigenvalue weighted by Gasteiger charge is 2.44. The molecular weight excluding hydrogens is 397 g/mol. The second-order valence-corrected chi connectivity index (χ2v) is 9.79. The summed E-state index contributed by atoms with van der Waals surface area (Å²) in [6, 6.07) is 40.3. The second-order valence-electron chi connectivity index (χ2n) is 9.79. The molecule has 2 heterocycles. The number of para-hydroxylation sites is 2. The van der Waals surface area contributed by atoms with E-state index in [2.05, 4.69) is 128 Å².